The lowest BCUT2D eigenvalue weighted by Gasteiger charge is -2.16. The van der Waals surface area contributed by atoms with Crippen molar-refractivity contribution in [2.24, 2.45) is 0 Å². The fourth-order valence-electron chi connectivity index (χ4n) is 13.9. The van der Waals surface area contributed by atoms with Crippen LogP contribution in [0.25, 0.3) is 174 Å². The van der Waals surface area contributed by atoms with Gasteiger partial charge in [0.05, 0.1) is 0 Å². The molecule has 0 radical (unpaired) electrons. The lowest BCUT2D eigenvalue weighted by Crippen LogP contribution is -1.89. The van der Waals surface area contributed by atoms with Gasteiger partial charge in [0.25, 0.3) is 0 Å². The van der Waals surface area contributed by atoms with Crippen LogP contribution in [-0.2, 0) is 0 Å². The van der Waals surface area contributed by atoms with E-state index in [1.165, 1.54) is 186 Å². The standard InChI is InChI=1S/C72H42/c1-39-19-23-41(24-20-39)46-27-28-47(42-25-21-40(2)22-26-42)59-38-61-53-32-30-49-51-34-36-57-68-56(35-33-50(66(51)68)48-29-31-52(67(53)65(48)49)60(61)37-58(46)59)71-63(44-11-5-3-6-12-44)69-54-17-9-15-43-16-10-18-55(62(43)54)70(69)64(72(57)71)45-13-7-4-8-14-45/h3-38H,1-2H3. The van der Waals surface area contributed by atoms with Crippen molar-refractivity contribution in [1.82, 2.24) is 0 Å². The van der Waals surface area contributed by atoms with Crippen LogP contribution in [0.15, 0.2) is 218 Å². The minimum absolute atomic E-state index is 1.25. The summed E-state index contributed by atoms with van der Waals surface area (Å²) >= 11 is 0. The van der Waals surface area contributed by atoms with E-state index in [0.29, 0.717) is 0 Å². The van der Waals surface area contributed by atoms with Crippen molar-refractivity contribution in [2.75, 3.05) is 0 Å². The summed E-state index contributed by atoms with van der Waals surface area (Å²) in [5.41, 5.74) is 18.0. The highest BCUT2D eigenvalue weighted by Crippen LogP contribution is 2.59. The Morgan fingerprint density at radius 3 is 1.00 bits per heavy atom. The quantitative estimate of drug-likeness (QED) is 0.122. The molecule has 0 fully saturated rings. The molecule has 16 aromatic carbocycles. The van der Waals surface area contributed by atoms with Crippen molar-refractivity contribution >= 4 is 108 Å². The number of fused-ring (bicyclic) bond motifs is 12. The van der Waals surface area contributed by atoms with Gasteiger partial charge in [-0.05, 0) is 200 Å². The van der Waals surface area contributed by atoms with Crippen LogP contribution in [0.2, 0.25) is 0 Å². The minimum atomic E-state index is 1.25. The molecular formula is C72H42. The predicted octanol–water partition coefficient (Wildman–Crippen LogP) is 20.5. The average Bonchev–Trinajstić information content (AvgIpc) is 4.06. The molecule has 0 unspecified atom stereocenters. The van der Waals surface area contributed by atoms with Crippen LogP contribution in [0.1, 0.15) is 11.1 Å². The third-order valence-electron chi connectivity index (χ3n) is 17.0. The first-order valence-corrected chi connectivity index (χ1v) is 25.4. The fraction of sp³-hybridized carbons (Fsp3) is 0.0278. The smallest absolute Gasteiger partial charge is 0.000717 e. The molecule has 16 aromatic rings. The van der Waals surface area contributed by atoms with E-state index in [2.05, 4.69) is 232 Å². The number of aryl methyl sites for hydroxylation is 2. The molecule has 0 heterocycles. The minimum Gasteiger partial charge on any atom is -0.0622 e. The van der Waals surface area contributed by atoms with Crippen LogP contribution >= 0.6 is 0 Å². The molecule has 0 saturated carbocycles. The first-order valence-electron chi connectivity index (χ1n) is 25.4. The molecule has 0 amide bonds. The van der Waals surface area contributed by atoms with Gasteiger partial charge in [0, 0.05) is 0 Å². The second kappa shape index (κ2) is 13.8. The molecule has 0 bridgehead atoms. The number of hydrogen-bond donors (Lipinski definition) is 0. The van der Waals surface area contributed by atoms with Crippen LogP contribution in [0.5, 0.6) is 0 Å². The van der Waals surface area contributed by atoms with E-state index in [-0.39, 0.29) is 0 Å². The zero-order valence-electron chi connectivity index (χ0n) is 39.8. The molecule has 0 spiro atoms. The van der Waals surface area contributed by atoms with Gasteiger partial charge in [-0.15, -0.1) is 0 Å². The Bertz CT molecular complexity index is 4680. The predicted molar refractivity (Wildman–Crippen MR) is 311 cm³/mol. The molecule has 0 aliphatic heterocycles. The molecule has 0 heteroatoms. The Kier molecular flexibility index (Phi) is 7.43. The van der Waals surface area contributed by atoms with E-state index < -0.39 is 0 Å². The maximum atomic E-state index is 2.51. The van der Waals surface area contributed by atoms with Gasteiger partial charge in [-0.1, -0.05) is 217 Å². The zero-order valence-corrected chi connectivity index (χ0v) is 39.8. The van der Waals surface area contributed by atoms with Gasteiger partial charge < -0.3 is 0 Å². The molecule has 0 N–H and O–H groups in total. The molecular weight excluding hydrogens is 865 g/mol. The van der Waals surface area contributed by atoms with E-state index >= 15 is 0 Å². The first kappa shape index (κ1) is 38.7. The van der Waals surface area contributed by atoms with E-state index in [1.807, 2.05) is 0 Å². The third kappa shape index (κ3) is 4.87. The zero-order chi connectivity index (χ0) is 47.1. The Morgan fingerprint density at radius 1 is 0.194 bits per heavy atom. The van der Waals surface area contributed by atoms with Gasteiger partial charge in [0.1, 0.15) is 0 Å². The lowest BCUT2D eigenvalue weighted by atomic mass is 9.87. The molecule has 1 aliphatic carbocycles. The Labute approximate surface area is 415 Å². The average molecular weight is 907 g/mol. The van der Waals surface area contributed by atoms with Crippen molar-refractivity contribution < 1.29 is 0 Å². The molecule has 17 rings (SSSR count). The highest BCUT2D eigenvalue weighted by Gasteiger charge is 2.31. The lowest BCUT2D eigenvalue weighted by molar-refractivity contribution is 1.47. The van der Waals surface area contributed by atoms with Gasteiger partial charge >= 0.3 is 0 Å². The molecule has 72 heavy (non-hydrogen) atoms. The molecule has 330 valence electrons. The SMILES string of the molecule is Cc1ccc(-c2ccc(-c3ccc(C)cc3)c3cc4c(cc23)-c2ccc3c5ccc6c7c(-c8ccccc8)c8c9cccc%10cccc(c8c(-c8ccccc8)c7c7ccc(c8ccc-4c2c38)c5c67)c%109)cc1. The van der Waals surface area contributed by atoms with Crippen molar-refractivity contribution in [2.45, 2.75) is 13.8 Å². The van der Waals surface area contributed by atoms with E-state index in [1.54, 1.807) is 0 Å². The summed E-state index contributed by atoms with van der Waals surface area (Å²) < 4.78 is 0. The van der Waals surface area contributed by atoms with Gasteiger partial charge in [-0.3, -0.25) is 0 Å². The topological polar surface area (TPSA) is 0 Å². The highest BCUT2D eigenvalue weighted by molar-refractivity contribution is 6.50. The molecule has 0 saturated heterocycles. The summed E-state index contributed by atoms with van der Waals surface area (Å²) in [7, 11) is 0. The number of benzene rings is 14. The van der Waals surface area contributed by atoms with Crippen LogP contribution < -0.4 is 0 Å². The van der Waals surface area contributed by atoms with Gasteiger partial charge in [0.15, 0.2) is 0 Å². The maximum absolute atomic E-state index is 2.51. The summed E-state index contributed by atoms with van der Waals surface area (Å²) in [4.78, 5) is 0. The Balaban J connectivity index is 0.992. The van der Waals surface area contributed by atoms with Crippen LogP contribution in [-0.4, -0.2) is 0 Å². The van der Waals surface area contributed by atoms with Crippen LogP contribution in [0.4, 0.5) is 0 Å². The summed E-state index contributed by atoms with van der Waals surface area (Å²) in [5.74, 6) is 0. The van der Waals surface area contributed by atoms with E-state index in [4.69, 9.17) is 0 Å². The number of hydrogen-bond acceptors (Lipinski definition) is 0. The summed E-state index contributed by atoms with van der Waals surface area (Å²) in [6.07, 6.45) is 0. The first-order chi connectivity index (χ1) is 35.6. The van der Waals surface area contributed by atoms with Gasteiger partial charge in [-0.25, -0.2) is 0 Å². The summed E-state index contributed by atoms with van der Waals surface area (Å²) in [5, 5.41) is 26.7. The molecule has 0 aromatic heterocycles. The molecule has 0 nitrogen and oxygen atoms in total. The van der Waals surface area contributed by atoms with Crippen LogP contribution in [0, 0.1) is 13.8 Å². The van der Waals surface area contributed by atoms with Crippen molar-refractivity contribution in [1.29, 1.82) is 0 Å². The van der Waals surface area contributed by atoms with Gasteiger partial charge in [-0.2, -0.15) is 0 Å². The highest BCUT2D eigenvalue weighted by atomic mass is 14.3. The van der Waals surface area contributed by atoms with E-state index in [0.717, 1.165) is 0 Å². The second-order valence-electron chi connectivity index (χ2n) is 20.7. The largest absolute Gasteiger partial charge is 0.0622 e. The van der Waals surface area contributed by atoms with Crippen molar-refractivity contribution in [3.05, 3.63) is 230 Å². The molecule has 1 aliphatic rings. The second-order valence-corrected chi connectivity index (χ2v) is 20.7. The van der Waals surface area contributed by atoms with Crippen molar-refractivity contribution in [3.8, 4) is 66.8 Å². The normalized spacial score (nSPS) is 12.6. The van der Waals surface area contributed by atoms with Crippen molar-refractivity contribution in [3.63, 3.8) is 0 Å². The third-order valence-corrected chi connectivity index (χ3v) is 17.0. The maximum Gasteiger partial charge on any atom is -0.000717 e. The van der Waals surface area contributed by atoms with Gasteiger partial charge in [0.2, 0.25) is 0 Å². The fourth-order valence-corrected chi connectivity index (χ4v) is 13.9. The molecule has 0 atom stereocenters. The summed E-state index contributed by atoms with van der Waals surface area (Å²) in [6, 6.07) is 83.6. The Morgan fingerprint density at radius 2 is 0.556 bits per heavy atom. The monoisotopic (exact) mass is 906 g/mol. The number of rotatable bonds is 4. The van der Waals surface area contributed by atoms with E-state index in [9.17, 15) is 0 Å². The Hall–Kier alpha value is -9.10. The van der Waals surface area contributed by atoms with Crippen LogP contribution in [0.3, 0.4) is 0 Å². The summed E-state index contributed by atoms with van der Waals surface area (Å²) in [6.45, 7) is 4.34.